The van der Waals surface area contributed by atoms with Crippen molar-refractivity contribution >= 4 is 38.4 Å². The zero-order valence-electron chi connectivity index (χ0n) is 13.9. The van der Waals surface area contributed by atoms with Gasteiger partial charge in [-0.05, 0) is 0 Å². The molecule has 0 aromatic heterocycles. The van der Waals surface area contributed by atoms with Gasteiger partial charge in [0.05, 0.1) is 0 Å². The standard InChI is InChI=1S/C18H24P2.2Au.2ClH/c1-3-19(17-11-7-5-8-12-17)15-16-20(4-2)18-13-9-6-10-14-18;;;;/h5-14H,3-4,15-16H2,1-2H3;;;2*1H/q;2*+1;;/p-2. The molecule has 2 rings (SSSR count). The van der Waals surface area contributed by atoms with E-state index >= 15 is 0 Å². The summed E-state index contributed by atoms with van der Waals surface area (Å²) in [7, 11) is 13.3. The SMILES string of the molecule is CC[P](CC[P](CC)(=[Au][Cl])c1ccccc1)(=[Au][Cl])c1ccccc1. The van der Waals surface area contributed by atoms with Crippen LogP contribution in [0.1, 0.15) is 13.8 Å². The van der Waals surface area contributed by atoms with Gasteiger partial charge in [0.1, 0.15) is 0 Å². The molecule has 0 radical (unpaired) electrons. The fraction of sp³-hybridized carbons (Fsp3) is 0.333. The molecule has 0 spiro atoms. The summed E-state index contributed by atoms with van der Waals surface area (Å²) in [6.45, 7) is 4.67. The Bertz CT molecular complexity index is 681. The summed E-state index contributed by atoms with van der Waals surface area (Å²) < 4.78 is -2.41. The van der Waals surface area contributed by atoms with Crippen LogP contribution in [-0.4, -0.2) is 24.6 Å². The average molecular weight is 767 g/mol. The summed E-state index contributed by atoms with van der Waals surface area (Å²) in [5.74, 6) is 0. The second-order valence-corrected chi connectivity index (χ2v) is 30.4. The Morgan fingerprint density at radius 1 is 0.667 bits per heavy atom. The number of halogens is 2. The topological polar surface area (TPSA) is 0 Å². The average Bonchev–Trinajstić information content (AvgIpc) is 2.68. The van der Waals surface area contributed by atoms with E-state index in [0.29, 0.717) is 0 Å². The van der Waals surface area contributed by atoms with E-state index in [-0.39, 0.29) is 35.3 Å². The van der Waals surface area contributed by atoms with Gasteiger partial charge in [-0.25, -0.2) is 0 Å². The summed E-state index contributed by atoms with van der Waals surface area (Å²) >= 11 is -0.332. The molecule has 2 aromatic carbocycles. The Morgan fingerprint density at radius 3 is 1.25 bits per heavy atom. The molecule has 2 aromatic rings. The minimum absolute atomic E-state index is 0.166. The Morgan fingerprint density at radius 2 is 1.00 bits per heavy atom. The van der Waals surface area contributed by atoms with Crippen LogP contribution >= 0.6 is 27.8 Å². The maximum atomic E-state index is 6.65. The molecule has 142 valence electrons. The molecule has 0 aliphatic heterocycles. The van der Waals surface area contributed by atoms with Crippen LogP contribution in [0.2, 0.25) is 0 Å². The summed E-state index contributed by atoms with van der Waals surface area (Å²) in [6.07, 6.45) is 5.00. The number of benzene rings is 2. The van der Waals surface area contributed by atoms with E-state index in [0.717, 1.165) is 0 Å². The summed E-state index contributed by atoms with van der Waals surface area (Å²) in [4.78, 5) is 0. The number of hydrogen-bond acceptors (Lipinski definition) is 0. The molecule has 0 aliphatic carbocycles. The molecule has 2 atom stereocenters. The van der Waals surface area contributed by atoms with E-state index in [2.05, 4.69) is 74.5 Å². The van der Waals surface area contributed by atoms with Crippen LogP contribution in [0.4, 0.5) is 0 Å². The fourth-order valence-electron chi connectivity index (χ4n) is 2.79. The first-order valence-electron chi connectivity index (χ1n) is 7.95. The predicted octanol–water partition coefficient (Wildman–Crippen LogP) is 6.02. The van der Waals surface area contributed by atoms with Crippen LogP contribution < -0.4 is 10.6 Å². The maximum absolute atomic E-state index is 6.65. The van der Waals surface area contributed by atoms with Crippen molar-refractivity contribution < 1.29 is 35.3 Å². The van der Waals surface area contributed by atoms with Crippen LogP contribution in [0.25, 0.3) is 0 Å². The van der Waals surface area contributed by atoms with Gasteiger partial charge in [-0.1, -0.05) is 0 Å². The van der Waals surface area contributed by atoms with Gasteiger partial charge in [0.15, 0.2) is 0 Å². The van der Waals surface area contributed by atoms with Crippen LogP contribution in [-0.2, 0) is 35.3 Å². The summed E-state index contributed by atoms with van der Waals surface area (Å²) in [5.41, 5.74) is 0. The van der Waals surface area contributed by atoms with Crippen molar-refractivity contribution in [2.75, 3.05) is 24.6 Å². The number of rotatable bonds is 7. The van der Waals surface area contributed by atoms with Crippen molar-refractivity contribution in [3.63, 3.8) is 0 Å². The first-order chi connectivity index (χ1) is 11.7. The molecule has 0 heterocycles. The Balaban J connectivity index is 2.38. The van der Waals surface area contributed by atoms with Gasteiger partial charge < -0.3 is 0 Å². The van der Waals surface area contributed by atoms with E-state index in [4.69, 9.17) is 18.4 Å². The molecule has 0 bridgehead atoms. The minimum atomic E-state index is -1.21. The first kappa shape index (κ1) is 21.7. The molecule has 0 nitrogen and oxygen atoms in total. The zero-order chi connectivity index (χ0) is 17.5. The quantitative estimate of drug-likeness (QED) is 0.239. The van der Waals surface area contributed by atoms with Crippen molar-refractivity contribution in [2.45, 2.75) is 13.8 Å². The van der Waals surface area contributed by atoms with Crippen LogP contribution in [0.3, 0.4) is 0 Å². The van der Waals surface area contributed by atoms with Gasteiger partial charge in [-0.2, -0.15) is 0 Å². The molecule has 0 aliphatic rings. The van der Waals surface area contributed by atoms with Crippen molar-refractivity contribution in [1.82, 2.24) is 0 Å². The molecular weight excluding hydrogens is 743 g/mol. The van der Waals surface area contributed by atoms with Crippen LogP contribution in [0.5, 0.6) is 0 Å². The van der Waals surface area contributed by atoms with E-state index in [1.807, 2.05) is 0 Å². The van der Waals surface area contributed by atoms with Gasteiger partial charge in [-0.15, -0.1) is 0 Å². The monoisotopic (exact) mass is 766 g/mol. The molecule has 0 amide bonds. The molecule has 0 saturated heterocycles. The third kappa shape index (κ3) is 4.99. The fourth-order valence-corrected chi connectivity index (χ4v) is 27.5. The number of hydrogen-bond donors (Lipinski definition) is 0. The summed E-state index contributed by atoms with van der Waals surface area (Å²) in [5, 5.41) is 3.05. The van der Waals surface area contributed by atoms with Crippen molar-refractivity contribution in [2.24, 2.45) is 0 Å². The Hall–Kier alpha value is 1.36. The predicted molar refractivity (Wildman–Crippen MR) is 109 cm³/mol. The van der Waals surface area contributed by atoms with Crippen molar-refractivity contribution in [3.8, 4) is 0 Å². The van der Waals surface area contributed by atoms with Gasteiger partial charge in [0.25, 0.3) is 0 Å². The van der Waals surface area contributed by atoms with E-state index in [9.17, 15) is 0 Å². The van der Waals surface area contributed by atoms with Gasteiger partial charge in [-0.3, -0.25) is 0 Å². The molecule has 24 heavy (non-hydrogen) atoms. The van der Waals surface area contributed by atoms with Crippen molar-refractivity contribution in [1.29, 1.82) is 0 Å². The molecular formula is C18H24Au2Cl2P2. The molecule has 0 fully saturated rings. The van der Waals surface area contributed by atoms with E-state index in [1.165, 1.54) is 35.3 Å². The van der Waals surface area contributed by atoms with Gasteiger partial charge >= 0.3 is 173 Å². The van der Waals surface area contributed by atoms with Crippen LogP contribution in [0, 0.1) is 0 Å². The van der Waals surface area contributed by atoms with Gasteiger partial charge in [0, 0.05) is 0 Å². The molecule has 0 saturated carbocycles. The Labute approximate surface area is 171 Å². The second-order valence-electron chi connectivity index (χ2n) is 5.45. The first-order valence-corrected chi connectivity index (χ1v) is 23.1. The van der Waals surface area contributed by atoms with Crippen LogP contribution in [0.15, 0.2) is 60.7 Å². The van der Waals surface area contributed by atoms with Crippen molar-refractivity contribution in [3.05, 3.63) is 60.7 Å². The Kier molecular flexibility index (Phi) is 9.59. The third-order valence-corrected chi connectivity index (χ3v) is 35.3. The van der Waals surface area contributed by atoms with Gasteiger partial charge in [0.2, 0.25) is 0 Å². The van der Waals surface area contributed by atoms with E-state index < -0.39 is 9.38 Å². The molecule has 2 unspecified atom stereocenters. The third-order valence-electron chi connectivity index (χ3n) is 4.32. The summed E-state index contributed by atoms with van der Waals surface area (Å²) in [6, 6.07) is 22.1. The normalized spacial score (nSPS) is 16.7. The molecule has 0 N–H and O–H groups in total. The van der Waals surface area contributed by atoms with E-state index in [1.54, 1.807) is 0 Å². The zero-order valence-corrected chi connectivity index (χ0v) is 21.5. The molecule has 6 heteroatoms. The second kappa shape index (κ2) is 10.6.